The lowest BCUT2D eigenvalue weighted by Crippen LogP contribution is -2.49. The van der Waals surface area contributed by atoms with E-state index in [-0.39, 0.29) is 23.5 Å². The van der Waals surface area contributed by atoms with Gasteiger partial charge in [0.05, 0.1) is 5.75 Å². The molecule has 22 heavy (non-hydrogen) atoms. The van der Waals surface area contributed by atoms with Gasteiger partial charge in [0.2, 0.25) is 15.9 Å². The number of carboxylic acids is 1. The molecule has 2 atom stereocenters. The van der Waals surface area contributed by atoms with Gasteiger partial charge in [0.25, 0.3) is 0 Å². The van der Waals surface area contributed by atoms with E-state index in [1.54, 1.807) is 13.8 Å². The van der Waals surface area contributed by atoms with E-state index >= 15 is 0 Å². The summed E-state index contributed by atoms with van der Waals surface area (Å²) in [5.74, 6) is -1.75. The molecular formula is C14H26N2O5S. The first-order valence-electron chi connectivity index (χ1n) is 7.73. The molecule has 1 fully saturated rings. The second kappa shape index (κ2) is 7.92. The Hall–Kier alpha value is -1.15. The summed E-state index contributed by atoms with van der Waals surface area (Å²) in [4.78, 5) is 23.5. The fourth-order valence-corrected chi connectivity index (χ4v) is 3.67. The Bertz CT molecular complexity index is 497. The molecule has 0 aromatic heterocycles. The van der Waals surface area contributed by atoms with Crippen LogP contribution < -0.4 is 5.32 Å². The van der Waals surface area contributed by atoms with E-state index in [0.717, 1.165) is 0 Å². The van der Waals surface area contributed by atoms with Gasteiger partial charge < -0.3 is 10.4 Å². The fraction of sp³-hybridized carbons (Fsp3) is 0.857. The maximum absolute atomic E-state index is 12.2. The molecule has 128 valence electrons. The normalized spacial score (nSPS) is 20.3. The molecule has 0 unspecified atom stereocenters. The zero-order chi connectivity index (χ0) is 16.9. The molecule has 0 aromatic rings. The van der Waals surface area contributed by atoms with Crippen LogP contribution in [0.5, 0.6) is 0 Å². The second-order valence-corrected chi connectivity index (χ2v) is 8.04. The van der Waals surface area contributed by atoms with Gasteiger partial charge in [-0.25, -0.2) is 17.5 Å². The van der Waals surface area contributed by atoms with Crippen LogP contribution in [0.25, 0.3) is 0 Å². The van der Waals surface area contributed by atoms with Crippen LogP contribution >= 0.6 is 0 Å². The zero-order valence-corrected chi connectivity index (χ0v) is 14.2. The number of carbonyl (C=O) groups is 2. The van der Waals surface area contributed by atoms with Gasteiger partial charge in [-0.1, -0.05) is 20.3 Å². The second-order valence-electron chi connectivity index (χ2n) is 5.78. The molecule has 0 spiro atoms. The van der Waals surface area contributed by atoms with Crippen LogP contribution in [0.3, 0.4) is 0 Å². The van der Waals surface area contributed by atoms with Gasteiger partial charge in [-0.2, -0.15) is 0 Å². The van der Waals surface area contributed by atoms with Gasteiger partial charge in [-0.3, -0.25) is 4.79 Å². The van der Waals surface area contributed by atoms with Crippen molar-refractivity contribution in [2.75, 3.05) is 18.8 Å². The van der Waals surface area contributed by atoms with Crippen LogP contribution in [0.2, 0.25) is 0 Å². The highest BCUT2D eigenvalue weighted by Crippen LogP contribution is 2.21. The first-order chi connectivity index (χ1) is 10.2. The van der Waals surface area contributed by atoms with Crippen LogP contribution in [-0.2, 0) is 19.6 Å². The highest BCUT2D eigenvalue weighted by molar-refractivity contribution is 7.89. The highest BCUT2D eigenvalue weighted by atomic mass is 32.2. The number of piperidine rings is 1. The van der Waals surface area contributed by atoms with Gasteiger partial charge in [0.1, 0.15) is 6.04 Å². The molecular weight excluding hydrogens is 308 g/mol. The number of aliphatic carboxylic acids is 1. The first kappa shape index (κ1) is 18.9. The molecule has 0 bridgehead atoms. The van der Waals surface area contributed by atoms with Gasteiger partial charge in [-0.15, -0.1) is 0 Å². The topological polar surface area (TPSA) is 104 Å². The molecule has 8 heteroatoms. The maximum atomic E-state index is 12.2. The Morgan fingerprint density at radius 1 is 1.27 bits per heavy atom. The van der Waals surface area contributed by atoms with Crippen molar-refractivity contribution in [2.45, 2.75) is 46.1 Å². The van der Waals surface area contributed by atoms with E-state index in [4.69, 9.17) is 0 Å². The molecule has 1 aliphatic heterocycles. The summed E-state index contributed by atoms with van der Waals surface area (Å²) >= 11 is 0. The number of hydrogen-bond donors (Lipinski definition) is 2. The van der Waals surface area contributed by atoms with E-state index in [2.05, 4.69) is 5.32 Å². The summed E-state index contributed by atoms with van der Waals surface area (Å²) in [5.41, 5.74) is 0. The van der Waals surface area contributed by atoms with Crippen molar-refractivity contribution in [1.29, 1.82) is 0 Å². The molecule has 1 rings (SSSR count). The van der Waals surface area contributed by atoms with Gasteiger partial charge in [0.15, 0.2) is 0 Å². The number of amides is 1. The lowest BCUT2D eigenvalue weighted by atomic mass is 9.94. The Kier molecular flexibility index (Phi) is 6.80. The molecule has 0 aromatic carbocycles. The van der Waals surface area contributed by atoms with Crippen molar-refractivity contribution in [3.8, 4) is 0 Å². The number of nitrogens with one attached hydrogen (secondary N) is 1. The molecule has 0 radical (unpaired) electrons. The number of carboxylic acid groups (broad SMARTS) is 1. The van der Waals surface area contributed by atoms with Gasteiger partial charge in [0, 0.05) is 19.0 Å². The smallest absolute Gasteiger partial charge is 0.326 e. The lowest BCUT2D eigenvalue weighted by molar-refractivity contribution is -0.144. The lowest BCUT2D eigenvalue weighted by Gasteiger charge is -2.31. The number of nitrogens with zero attached hydrogens (tertiary/aromatic N) is 1. The predicted molar refractivity (Wildman–Crippen MR) is 82.8 cm³/mol. The van der Waals surface area contributed by atoms with Crippen LogP contribution in [0.15, 0.2) is 0 Å². The molecule has 0 aliphatic carbocycles. The minimum Gasteiger partial charge on any atom is -0.480 e. The third-order valence-corrected chi connectivity index (χ3v) is 6.24. The molecule has 1 amide bonds. The minimum atomic E-state index is -3.22. The van der Waals surface area contributed by atoms with Crippen LogP contribution in [0.4, 0.5) is 0 Å². The summed E-state index contributed by atoms with van der Waals surface area (Å²) in [6, 6.07) is -0.894. The SMILES string of the molecule is CC[C@H](C)[C@H](NC(=O)C1CCN(S(=O)(=O)CC)CC1)C(=O)O. The summed E-state index contributed by atoms with van der Waals surface area (Å²) in [7, 11) is -3.22. The number of carbonyl (C=O) groups excluding carboxylic acids is 1. The Morgan fingerprint density at radius 3 is 2.23 bits per heavy atom. The molecule has 0 saturated carbocycles. The summed E-state index contributed by atoms with van der Waals surface area (Å²) in [5, 5.41) is 11.8. The third-order valence-electron chi connectivity index (χ3n) is 4.36. The zero-order valence-electron chi connectivity index (χ0n) is 13.4. The minimum absolute atomic E-state index is 0.0545. The number of sulfonamides is 1. The largest absolute Gasteiger partial charge is 0.480 e. The predicted octanol–water partition coefficient (Wildman–Crippen LogP) is 0.664. The molecule has 1 aliphatic rings. The van der Waals surface area contributed by atoms with Crippen LogP contribution in [0.1, 0.15) is 40.0 Å². The van der Waals surface area contributed by atoms with Crippen LogP contribution in [0, 0.1) is 11.8 Å². The molecule has 1 heterocycles. The summed E-state index contributed by atoms with van der Waals surface area (Å²) in [6.07, 6.45) is 1.51. The molecule has 2 N–H and O–H groups in total. The summed E-state index contributed by atoms with van der Waals surface area (Å²) < 4.78 is 25.0. The summed E-state index contributed by atoms with van der Waals surface area (Å²) in [6.45, 7) is 5.89. The maximum Gasteiger partial charge on any atom is 0.326 e. The van der Waals surface area contributed by atoms with Crippen molar-refractivity contribution in [3.63, 3.8) is 0 Å². The average Bonchev–Trinajstić information content (AvgIpc) is 2.51. The van der Waals surface area contributed by atoms with Crippen molar-refractivity contribution in [3.05, 3.63) is 0 Å². The first-order valence-corrected chi connectivity index (χ1v) is 9.34. The van der Waals surface area contributed by atoms with Gasteiger partial charge in [-0.05, 0) is 25.7 Å². The molecule has 1 saturated heterocycles. The number of rotatable bonds is 7. The third kappa shape index (κ3) is 4.67. The Labute approximate surface area is 132 Å². The average molecular weight is 334 g/mol. The van der Waals surface area contributed by atoms with Crippen molar-refractivity contribution >= 4 is 21.9 Å². The monoisotopic (exact) mass is 334 g/mol. The van der Waals surface area contributed by atoms with Crippen molar-refractivity contribution in [2.24, 2.45) is 11.8 Å². The van der Waals surface area contributed by atoms with Crippen LogP contribution in [-0.4, -0.2) is 54.6 Å². The number of hydrogen-bond acceptors (Lipinski definition) is 4. The fourth-order valence-electron chi connectivity index (χ4n) is 2.53. The van der Waals surface area contributed by atoms with E-state index in [1.807, 2.05) is 6.92 Å². The standard InChI is InChI=1S/C14H26N2O5S/c1-4-10(3)12(14(18)19)15-13(17)11-6-8-16(9-7-11)22(20,21)5-2/h10-12H,4-9H2,1-3H3,(H,15,17)(H,18,19)/t10-,12-/m0/s1. The Balaban J connectivity index is 2.60. The Morgan fingerprint density at radius 2 is 1.82 bits per heavy atom. The van der Waals surface area contributed by atoms with Crippen molar-refractivity contribution < 1.29 is 23.1 Å². The van der Waals surface area contributed by atoms with E-state index in [1.165, 1.54) is 4.31 Å². The van der Waals surface area contributed by atoms with E-state index in [9.17, 15) is 23.1 Å². The van der Waals surface area contributed by atoms with Crippen molar-refractivity contribution in [1.82, 2.24) is 9.62 Å². The quantitative estimate of drug-likeness (QED) is 0.712. The highest BCUT2D eigenvalue weighted by Gasteiger charge is 2.33. The van der Waals surface area contributed by atoms with Gasteiger partial charge >= 0.3 is 5.97 Å². The van der Waals surface area contributed by atoms with E-state index < -0.39 is 22.0 Å². The molecule has 7 nitrogen and oxygen atoms in total. The van der Waals surface area contributed by atoms with E-state index in [0.29, 0.717) is 32.4 Å².